The summed E-state index contributed by atoms with van der Waals surface area (Å²) < 4.78 is 6.87. The van der Waals surface area contributed by atoms with Gasteiger partial charge < -0.3 is 20.7 Å². The van der Waals surface area contributed by atoms with Crippen molar-refractivity contribution in [1.29, 1.82) is 0 Å². The Kier molecular flexibility index (Phi) is 4.94. The molecule has 1 aliphatic rings. The van der Waals surface area contributed by atoms with Gasteiger partial charge in [0.2, 0.25) is 0 Å². The number of ether oxygens (including phenoxy) is 1. The molecule has 2 aromatic rings. The van der Waals surface area contributed by atoms with Crippen LogP contribution in [-0.4, -0.2) is 38.6 Å². The molecule has 1 saturated heterocycles. The molecule has 1 aliphatic heterocycles. The lowest BCUT2D eigenvalue weighted by atomic mass is 10.1. The van der Waals surface area contributed by atoms with Crippen LogP contribution in [0.1, 0.15) is 23.8 Å². The first-order chi connectivity index (χ1) is 11.6. The van der Waals surface area contributed by atoms with E-state index in [-0.39, 0.29) is 18.8 Å². The molecule has 7 nitrogen and oxygen atoms in total. The number of hydrogen-bond donors (Lipinski definition) is 3. The Labute approximate surface area is 139 Å². The van der Waals surface area contributed by atoms with Gasteiger partial charge in [-0.15, -0.1) is 0 Å². The van der Waals surface area contributed by atoms with Crippen molar-refractivity contribution in [3.05, 3.63) is 58.1 Å². The summed E-state index contributed by atoms with van der Waals surface area (Å²) >= 11 is 0. The fourth-order valence-electron chi connectivity index (χ4n) is 2.89. The molecule has 0 amide bonds. The summed E-state index contributed by atoms with van der Waals surface area (Å²) in [7, 11) is 0. The van der Waals surface area contributed by atoms with Crippen LogP contribution in [0.15, 0.2) is 41.3 Å². The molecular weight excluding hydrogens is 310 g/mol. The van der Waals surface area contributed by atoms with Gasteiger partial charge in [-0.05, 0) is 18.4 Å². The van der Waals surface area contributed by atoms with Gasteiger partial charge in [0.1, 0.15) is 18.1 Å². The number of aliphatic hydroxyl groups excluding tert-OH is 2. The van der Waals surface area contributed by atoms with E-state index in [0.717, 1.165) is 12.0 Å². The molecule has 0 saturated carbocycles. The first kappa shape index (κ1) is 16.6. The van der Waals surface area contributed by atoms with E-state index in [1.54, 1.807) is 6.20 Å². The van der Waals surface area contributed by atoms with Gasteiger partial charge in [-0.3, -0.25) is 4.57 Å². The Bertz CT molecular complexity index is 747. The molecule has 24 heavy (non-hydrogen) atoms. The molecule has 0 unspecified atom stereocenters. The van der Waals surface area contributed by atoms with E-state index in [2.05, 4.69) is 4.98 Å². The van der Waals surface area contributed by atoms with Crippen LogP contribution >= 0.6 is 0 Å². The molecule has 3 atom stereocenters. The summed E-state index contributed by atoms with van der Waals surface area (Å²) in [6, 6.07) is 9.96. The Balaban J connectivity index is 1.80. The average Bonchev–Trinajstić information content (AvgIpc) is 2.95. The molecule has 1 aromatic heterocycles. The summed E-state index contributed by atoms with van der Waals surface area (Å²) in [5.74, 6) is 0.212. The second kappa shape index (κ2) is 7.12. The third kappa shape index (κ3) is 3.48. The fourth-order valence-corrected chi connectivity index (χ4v) is 2.89. The minimum Gasteiger partial charge on any atom is -0.394 e. The molecule has 0 bridgehead atoms. The first-order valence-corrected chi connectivity index (χ1v) is 7.94. The van der Waals surface area contributed by atoms with Gasteiger partial charge in [0, 0.05) is 18.2 Å². The van der Waals surface area contributed by atoms with Crippen molar-refractivity contribution in [1.82, 2.24) is 9.55 Å². The Hall–Kier alpha value is -2.22. The number of nitrogen functional groups attached to an aromatic ring is 1. The van der Waals surface area contributed by atoms with Crippen LogP contribution in [0.2, 0.25) is 0 Å². The molecule has 3 rings (SSSR count). The van der Waals surface area contributed by atoms with E-state index in [1.807, 2.05) is 30.3 Å². The molecule has 0 radical (unpaired) electrons. The Morgan fingerprint density at radius 1 is 1.29 bits per heavy atom. The smallest absolute Gasteiger partial charge is 0.351 e. The Morgan fingerprint density at radius 2 is 2.04 bits per heavy atom. The second-order valence-electron chi connectivity index (χ2n) is 5.94. The number of aromatic nitrogens is 2. The quantitative estimate of drug-likeness (QED) is 0.724. The van der Waals surface area contributed by atoms with E-state index >= 15 is 0 Å². The summed E-state index contributed by atoms with van der Waals surface area (Å²) in [6.45, 7) is -0.296. The number of nitrogens with two attached hydrogens (primary N) is 1. The largest absolute Gasteiger partial charge is 0.394 e. The fraction of sp³-hybridized carbons (Fsp3) is 0.412. The third-order valence-electron chi connectivity index (χ3n) is 4.28. The zero-order chi connectivity index (χ0) is 17.1. The summed E-state index contributed by atoms with van der Waals surface area (Å²) in [4.78, 5) is 16.0. The lowest BCUT2D eigenvalue weighted by Gasteiger charge is -2.16. The number of aryl methyl sites for hydroxylation is 2. The third-order valence-corrected chi connectivity index (χ3v) is 4.28. The van der Waals surface area contributed by atoms with Crippen LogP contribution in [0.5, 0.6) is 0 Å². The predicted molar refractivity (Wildman–Crippen MR) is 88.4 cm³/mol. The van der Waals surface area contributed by atoms with Crippen LogP contribution < -0.4 is 11.4 Å². The van der Waals surface area contributed by atoms with E-state index in [1.165, 1.54) is 10.1 Å². The van der Waals surface area contributed by atoms with E-state index < -0.39 is 24.1 Å². The molecule has 7 heteroatoms. The van der Waals surface area contributed by atoms with Crippen molar-refractivity contribution in [3.8, 4) is 0 Å². The van der Waals surface area contributed by atoms with Crippen LogP contribution in [0.25, 0.3) is 0 Å². The maximum absolute atomic E-state index is 12.1. The predicted octanol–water partition coefficient (Wildman–Crippen LogP) is 0.251. The van der Waals surface area contributed by atoms with Gasteiger partial charge in [-0.25, -0.2) is 4.79 Å². The van der Waals surface area contributed by atoms with Gasteiger partial charge in [-0.1, -0.05) is 30.3 Å². The zero-order valence-electron chi connectivity index (χ0n) is 13.2. The molecule has 1 aromatic carbocycles. The normalized spacial score (nSPS) is 23.5. The monoisotopic (exact) mass is 331 g/mol. The highest BCUT2D eigenvalue weighted by Gasteiger charge is 2.35. The molecule has 4 N–H and O–H groups in total. The summed E-state index contributed by atoms with van der Waals surface area (Å²) in [5.41, 5.74) is 7.28. The standard InChI is InChI=1S/C17H21N3O4/c18-16-12(7-6-11-4-2-1-3-5-11)9-20(17(23)19-16)15-8-13(22)14(10-21)24-15/h1-5,9,13-15,21-22H,6-8,10H2,(H2,18,19,23)/t13-,14+,15+/m0/s1. The summed E-state index contributed by atoms with van der Waals surface area (Å²) in [6.07, 6.45) is 1.15. The van der Waals surface area contributed by atoms with Gasteiger partial charge in [0.05, 0.1) is 12.7 Å². The van der Waals surface area contributed by atoms with Gasteiger partial charge >= 0.3 is 5.69 Å². The highest BCUT2D eigenvalue weighted by atomic mass is 16.5. The highest BCUT2D eigenvalue weighted by molar-refractivity contribution is 5.37. The maximum atomic E-state index is 12.1. The number of anilines is 1. The minimum absolute atomic E-state index is 0.212. The first-order valence-electron chi connectivity index (χ1n) is 7.94. The van der Waals surface area contributed by atoms with Crippen molar-refractivity contribution < 1.29 is 14.9 Å². The van der Waals surface area contributed by atoms with Gasteiger partial charge in [-0.2, -0.15) is 4.98 Å². The number of benzene rings is 1. The van der Waals surface area contributed by atoms with Gasteiger partial charge in [0.15, 0.2) is 0 Å². The van der Waals surface area contributed by atoms with Gasteiger partial charge in [0.25, 0.3) is 0 Å². The Morgan fingerprint density at radius 3 is 2.71 bits per heavy atom. The molecule has 0 aliphatic carbocycles. The average molecular weight is 331 g/mol. The van der Waals surface area contributed by atoms with Crippen molar-refractivity contribution in [2.45, 2.75) is 37.7 Å². The maximum Gasteiger partial charge on any atom is 0.351 e. The topological polar surface area (TPSA) is 111 Å². The van der Waals surface area contributed by atoms with Crippen molar-refractivity contribution in [2.75, 3.05) is 12.3 Å². The number of aliphatic hydroxyl groups is 2. The van der Waals surface area contributed by atoms with Crippen molar-refractivity contribution in [2.24, 2.45) is 0 Å². The molecular formula is C17H21N3O4. The minimum atomic E-state index is -0.808. The summed E-state index contributed by atoms with van der Waals surface area (Å²) in [5, 5.41) is 19.0. The lowest BCUT2D eigenvalue weighted by Crippen LogP contribution is -2.29. The number of rotatable bonds is 5. The SMILES string of the molecule is Nc1nc(=O)n([C@H]2C[C@H](O)[C@@H](CO)O2)cc1CCc1ccccc1. The second-order valence-corrected chi connectivity index (χ2v) is 5.94. The number of nitrogens with zero attached hydrogens (tertiary/aromatic N) is 2. The zero-order valence-corrected chi connectivity index (χ0v) is 13.2. The van der Waals surface area contributed by atoms with Crippen molar-refractivity contribution >= 4 is 5.82 Å². The highest BCUT2D eigenvalue weighted by Crippen LogP contribution is 2.28. The van der Waals surface area contributed by atoms with E-state index in [4.69, 9.17) is 10.5 Å². The molecule has 128 valence electrons. The lowest BCUT2D eigenvalue weighted by molar-refractivity contribution is -0.0459. The molecule has 0 spiro atoms. The van der Waals surface area contributed by atoms with E-state index in [9.17, 15) is 15.0 Å². The van der Waals surface area contributed by atoms with E-state index in [0.29, 0.717) is 6.42 Å². The van der Waals surface area contributed by atoms with Crippen molar-refractivity contribution in [3.63, 3.8) is 0 Å². The number of hydrogen-bond acceptors (Lipinski definition) is 6. The van der Waals surface area contributed by atoms with Crippen LogP contribution in [0.4, 0.5) is 5.82 Å². The molecule has 2 heterocycles. The molecule has 1 fully saturated rings. The van der Waals surface area contributed by atoms with Crippen LogP contribution in [0, 0.1) is 0 Å². The van der Waals surface area contributed by atoms with Crippen LogP contribution in [-0.2, 0) is 17.6 Å². The van der Waals surface area contributed by atoms with Crippen LogP contribution in [0.3, 0.4) is 0 Å².